The quantitative estimate of drug-likeness (QED) is 0.674. The first-order chi connectivity index (χ1) is 12.7. The molecule has 0 aliphatic carbocycles. The number of halogens is 1. The van der Waals surface area contributed by atoms with Gasteiger partial charge in [-0.15, -0.1) is 11.3 Å². The standard InChI is InChI=1S/C13H14ClN3O4S2.C4H10/c1-8-10(14)3-2-4-11(8)23(19,20)17-13-16-9(7-22-13)5-6-21-12(15)18;1-3-4-2/h2-4,7H,5-6H2,1H3,(H2,15,18)(H,16,17);3-4H2,1-2H3. The number of rotatable bonds is 7. The third-order valence-corrected chi connectivity index (χ3v) is 6.21. The molecule has 1 heterocycles. The van der Waals surface area contributed by atoms with Gasteiger partial charge in [0, 0.05) is 16.8 Å². The normalized spacial score (nSPS) is 10.7. The SMILES string of the molecule is CCCC.Cc1c(Cl)cccc1S(=O)(=O)Nc1nc(CCOC(N)=O)cs1. The average Bonchev–Trinajstić information content (AvgIpc) is 3.03. The van der Waals surface area contributed by atoms with Gasteiger partial charge in [-0.3, -0.25) is 4.72 Å². The Hall–Kier alpha value is -1.84. The van der Waals surface area contributed by atoms with Gasteiger partial charge < -0.3 is 10.5 Å². The molecule has 0 unspecified atom stereocenters. The van der Waals surface area contributed by atoms with Gasteiger partial charge in [0.1, 0.15) is 0 Å². The minimum absolute atomic E-state index is 0.0820. The number of unbranched alkanes of at least 4 members (excludes halogenated alkanes) is 1. The molecule has 7 nitrogen and oxygen atoms in total. The highest BCUT2D eigenvalue weighted by Crippen LogP contribution is 2.26. The number of aromatic nitrogens is 1. The van der Waals surface area contributed by atoms with Crippen molar-refractivity contribution in [1.82, 2.24) is 4.98 Å². The lowest BCUT2D eigenvalue weighted by molar-refractivity contribution is 0.158. The Kier molecular flexibility index (Phi) is 9.54. The Labute approximate surface area is 169 Å². The zero-order valence-corrected chi connectivity index (χ0v) is 17.9. The molecule has 1 aromatic carbocycles. The summed E-state index contributed by atoms with van der Waals surface area (Å²) in [5, 5.41) is 2.27. The molecule has 10 heteroatoms. The van der Waals surface area contributed by atoms with Gasteiger partial charge in [-0.1, -0.05) is 44.4 Å². The van der Waals surface area contributed by atoms with E-state index in [0.29, 0.717) is 22.7 Å². The zero-order chi connectivity index (χ0) is 20.4. The summed E-state index contributed by atoms with van der Waals surface area (Å²) in [5.74, 6) is 0. The van der Waals surface area contributed by atoms with Gasteiger partial charge in [0.15, 0.2) is 5.13 Å². The van der Waals surface area contributed by atoms with Gasteiger partial charge >= 0.3 is 6.09 Å². The van der Waals surface area contributed by atoms with Gasteiger partial charge in [0.05, 0.1) is 17.2 Å². The number of benzene rings is 1. The summed E-state index contributed by atoms with van der Waals surface area (Å²) in [6.45, 7) is 6.07. The van der Waals surface area contributed by atoms with Crippen LogP contribution in [0.25, 0.3) is 0 Å². The van der Waals surface area contributed by atoms with Crippen molar-refractivity contribution in [2.24, 2.45) is 5.73 Å². The maximum absolute atomic E-state index is 12.4. The molecule has 0 atom stereocenters. The van der Waals surface area contributed by atoms with Crippen LogP contribution in [0.1, 0.15) is 37.9 Å². The molecule has 1 aromatic heterocycles. The van der Waals surface area contributed by atoms with E-state index in [1.165, 1.54) is 18.9 Å². The molecule has 0 saturated heterocycles. The van der Waals surface area contributed by atoms with Gasteiger partial charge in [-0.25, -0.2) is 18.2 Å². The van der Waals surface area contributed by atoms with Crippen molar-refractivity contribution in [2.45, 2.75) is 44.9 Å². The molecule has 1 amide bonds. The van der Waals surface area contributed by atoms with Gasteiger partial charge in [-0.2, -0.15) is 0 Å². The number of nitrogens with zero attached hydrogens (tertiary/aromatic N) is 1. The molecule has 0 radical (unpaired) electrons. The van der Waals surface area contributed by atoms with Crippen LogP contribution >= 0.6 is 22.9 Å². The summed E-state index contributed by atoms with van der Waals surface area (Å²) in [6, 6.07) is 4.66. The molecule has 150 valence electrons. The molecular weight excluding hydrogens is 410 g/mol. The molecule has 0 saturated carbocycles. The van der Waals surface area contributed by atoms with Crippen molar-refractivity contribution in [3.8, 4) is 0 Å². The Bertz CT molecular complexity index is 852. The summed E-state index contributed by atoms with van der Waals surface area (Å²) < 4.78 is 31.8. The fourth-order valence-electron chi connectivity index (χ4n) is 1.77. The largest absolute Gasteiger partial charge is 0.449 e. The number of nitrogens with two attached hydrogens (primary N) is 1. The highest BCUT2D eigenvalue weighted by atomic mass is 35.5. The smallest absolute Gasteiger partial charge is 0.404 e. The monoisotopic (exact) mass is 433 g/mol. The van der Waals surface area contributed by atoms with Crippen molar-refractivity contribution in [3.63, 3.8) is 0 Å². The van der Waals surface area contributed by atoms with Crippen LogP contribution in [0.15, 0.2) is 28.5 Å². The first kappa shape index (κ1) is 23.2. The number of amides is 1. The molecule has 2 rings (SSSR count). The van der Waals surface area contributed by atoms with Crippen LogP contribution in [0.2, 0.25) is 5.02 Å². The number of carbonyl (C=O) groups is 1. The van der Waals surface area contributed by atoms with Crippen LogP contribution in [0.5, 0.6) is 0 Å². The number of nitrogens with one attached hydrogen (secondary N) is 1. The third-order valence-electron chi connectivity index (χ3n) is 3.38. The lowest BCUT2D eigenvalue weighted by Gasteiger charge is -2.09. The second kappa shape index (κ2) is 11.1. The number of hydrogen-bond acceptors (Lipinski definition) is 6. The van der Waals surface area contributed by atoms with Crippen molar-refractivity contribution < 1.29 is 17.9 Å². The Morgan fingerprint density at radius 2 is 2.00 bits per heavy atom. The fourth-order valence-corrected chi connectivity index (χ4v) is 4.27. The fraction of sp³-hybridized carbons (Fsp3) is 0.412. The lowest BCUT2D eigenvalue weighted by Crippen LogP contribution is -2.15. The predicted octanol–water partition coefficient (Wildman–Crippen LogP) is 4.35. The second-order valence-corrected chi connectivity index (χ2v) is 8.45. The molecule has 0 fully saturated rings. The van der Waals surface area contributed by atoms with E-state index in [0.717, 1.165) is 11.3 Å². The van der Waals surface area contributed by atoms with Crippen molar-refractivity contribution in [2.75, 3.05) is 11.3 Å². The van der Waals surface area contributed by atoms with E-state index in [-0.39, 0.29) is 16.6 Å². The number of anilines is 1. The molecule has 0 aliphatic heterocycles. The maximum Gasteiger partial charge on any atom is 0.404 e. The molecule has 27 heavy (non-hydrogen) atoms. The van der Waals surface area contributed by atoms with E-state index in [2.05, 4.69) is 28.3 Å². The Balaban J connectivity index is 0.000000828. The van der Waals surface area contributed by atoms with E-state index >= 15 is 0 Å². The molecule has 0 spiro atoms. The summed E-state index contributed by atoms with van der Waals surface area (Å²) in [5.41, 5.74) is 5.91. The number of hydrogen-bond donors (Lipinski definition) is 2. The third kappa shape index (κ3) is 7.74. The maximum atomic E-state index is 12.4. The summed E-state index contributed by atoms with van der Waals surface area (Å²) >= 11 is 7.09. The van der Waals surface area contributed by atoms with Crippen molar-refractivity contribution in [1.29, 1.82) is 0 Å². The van der Waals surface area contributed by atoms with E-state index in [9.17, 15) is 13.2 Å². The first-order valence-electron chi connectivity index (χ1n) is 8.35. The highest BCUT2D eigenvalue weighted by Gasteiger charge is 2.19. The molecule has 0 aliphatic rings. The van der Waals surface area contributed by atoms with Crippen LogP contribution in [-0.4, -0.2) is 26.1 Å². The molecular formula is C17H24ClN3O4S2. The topological polar surface area (TPSA) is 111 Å². The number of carbonyl (C=O) groups excluding carboxylic acids is 1. The minimum atomic E-state index is -3.78. The van der Waals surface area contributed by atoms with Gasteiger partial charge in [0.25, 0.3) is 10.0 Å². The number of thiazole rings is 1. The number of sulfonamides is 1. The number of ether oxygens (including phenoxy) is 1. The lowest BCUT2D eigenvalue weighted by atomic mass is 10.2. The number of primary amides is 1. The van der Waals surface area contributed by atoms with Crippen molar-refractivity contribution >= 4 is 44.2 Å². The Morgan fingerprint density at radius 1 is 1.33 bits per heavy atom. The van der Waals surface area contributed by atoms with Crippen LogP contribution in [0.4, 0.5) is 9.93 Å². The van der Waals surface area contributed by atoms with Gasteiger partial charge in [0.2, 0.25) is 0 Å². The van der Waals surface area contributed by atoms with Gasteiger partial charge in [-0.05, 0) is 24.6 Å². The van der Waals surface area contributed by atoms with Crippen molar-refractivity contribution in [3.05, 3.63) is 39.9 Å². The molecule has 3 N–H and O–H groups in total. The van der Waals surface area contributed by atoms with E-state index in [4.69, 9.17) is 17.3 Å². The average molecular weight is 434 g/mol. The second-order valence-electron chi connectivity index (χ2n) is 5.53. The van der Waals surface area contributed by atoms with E-state index < -0.39 is 16.1 Å². The van der Waals surface area contributed by atoms with Crippen LogP contribution in [0.3, 0.4) is 0 Å². The zero-order valence-electron chi connectivity index (χ0n) is 15.5. The summed E-state index contributed by atoms with van der Waals surface area (Å²) in [6.07, 6.45) is 2.12. The predicted molar refractivity (Wildman–Crippen MR) is 109 cm³/mol. The Morgan fingerprint density at radius 3 is 2.59 bits per heavy atom. The summed E-state index contributed by atoms with van der Waals surface area (Å²) in [4.78, 5) is 14.7. The first-order valence-corrected chi connectivity index (χ1v) is 11.1. The summed E-state index contributed by atoms with van der Waals surface area (Å²) in [7, 11) is -3.78. The van der Waals surface area contributed by atoms with E-state index in [1.807, 2.05) is 0 Å². The van der Waals surface area contributed by atoms with E-state index in [1.54, 1.807) is 24.4 Å². The van der Waals surface area contributed by atoms with Crippen LogP contribution in [-0.2, 0) is 21.2 Å². The molecule has 2 aromatic rings. The van der Waals surface area contributed by atoms with Crippen LogP contribution in [0, 0.1) is 6.92 Å². The highest BCUT2D eigenvalue weighted by molar-refractivity contribution is 7.93. The van der Waals surface area contributed by atoms with Crippen LogP contribution < -0.4 is 10.5 Å². The minimum Gasteiger partial charge on any atom is -0.449 e. The molecule has 0 bridgehead atoms.